The van der Waals surface area contributed by atoms with E-state index in [-0.39, 0.29) is 11.4 Å². The van der Waals surface area contributed by atoms with E-state index in [1.165, 1.54) is 6.07 Å². The summed E-state index contributed by atoms with van der Waals surface area (Å²) in [7, 11) is 0. The van der Waals surface area contributed by atoms with Gasteiger partial charge >= 0.3 is 0 Å². The van der Waals surface area contributed by atoms with Gasteiger partial charge < -0.3 is 10.4 Å². The number of phenols is 1. The SMILES string of the molecule is Cc1ccc(NCc2ccccc2[N+](=O)[O-])c(C)c1O. The van der Waals surface area contributed by atoms with Gasteiger partial charge in [-0.3, -0.25) is 10.1 Å². The molecule has 0 aromatic heterocycles. The van der Waals surface area contributed by atoms with Crippen molar-refractivity contribution in [1.82, 2.24) is 0 Å². The summed E-state index contributed by atoms with van der Waals surface area (Å²) in [5.41, 5.74) is 3.01. The number of hydrogen-bond donors (Lipinski definition) is 2. The first-order valence-electron chi connectivity index (χ1n) is 6.26. The number of aryl methyl sites for hydroxylation is 1. The molecule has 0 bridgehead atoms. The fourth-order valence-electron chi connectivity index (χ4n) is 2.06. The quantitative estimate of drug-likeness (QED) is 0.659. The van der Waals surface area contributed by atoms with Crippen molar-refractivity contribution in [3.05, 3.63) is 63.2 Å². The third-order valence-electron chi connectivity index (χ3n) is 3.29. The zero-order chi connectivity index (χ0) is 14.7. The average Bonchev–Trinajstić information content (AvgIpc) is 2.44. The van der Waals surface area contributed by atoms with E-state index in [2.05, 4.69) is 5.32 Å². The molecule has 0 heterocycles. The van der Waals surface area contributed by atoms with Crippen molar-refractivity contribution in [2.24, 2.45) is 0 Å². The van der Waals surface area contributed by atoms with Crippen molar-refractivity contribution >= 4 is 11.4 Å². The van der Waals surface area contributed by atoms with Crippen molar-refractivity contribution in [2.75, 3.05) is 5.32 Å². The van der Waals surface area contributed by atoms with E-state index in [0.29, 0.717) is 12.1 Å². The van der Waals surface area contributed by atoms with Gasteiger partial charge in [0.2, 0.25) is 0 Å². The van der Waals surface area contributed by atoms with E-state index >= 15 is 0 Å². The number of phenolic OH excluding ortho intramolecular Hbond substituents is 1. The topological polar surface area (TPSA) is 75.4 Å². The van der Waals surface area contributed by atoms with E-state index in [1.54, 1.807) is 18.2 Å². The number of aromatic hydroxyl groups is 1. The molecule has 104 valence electrons. The van der Waals surface area contributed by atoms with Gasteiger partial charge in [0.15, 0.2) is 0 Å². The van der Waals surface area contributed by atoms with E-state index < -0.39 is 4.92 Å². The predicted octanol–water partition coefficient (Wildman–Crippen LogP) is 3.53. The number of rotatable bonds is 4. The number of benzene rings is 2. The van der Waals surface area contributed by atoms with Crippen LogP contribution in [0.2, 0.25) is 0 Å². The second-order valence-corrected chi connectivity index (χ2v) is 4.64. The van der Waals surface area contributed by atoms with Crippen LogP contribution in [0.15, 0.2) is 36.4 Å². The Morgan fingerprint density at radius 3 is 2.60 bits per heavy atom. The zero-order valence-corrected chi connectivity index (χ0v) is 11.4. The number of nitro benzene ring substituents is 1. The summed E-state index contributed by atoms with van der Waals surface area (Å²) < 4.78 is 0. The van der Waals surface area contributed by atoms with E-state index in [9.17, 15) is 15.2 Å². The monoisotopic (exact) mass is 272 g/mol. The largest absolute Gasteiger partial charge is 0.507 e. The van der Waals surface area contributed by atoms with Gasteiger partial charge in [-0.2, -0.15) is 0 Å². The maximum absolute atomic E-state index is 10.9. The highest BCUT2D eigenvalue weighted by atomic mass is 16.6. The number of anilines is 1. The first-order valence-corrected chi connectivity index (χ1v) is 6.26. The van der Waals surface area contributed by atoms with E-state index in [4.69, 9.17) is 0 Å². The summed E-state index contributed by atoms with van der Waals surface area (Å²) in [5, 5.41) is 23.9. The smallest absolute Gasteiger partial charge is 0.274 e. The van der Waals surface area contributed by atoms with Crippen LogP contribution in [0.1, 0.15) is 16.7 Å². The van der Waals surface area contributed by atoms with Crippen molar-refractivity contribution in [2.45, 2.75) is 20.4 Å². The maximum atomic E-state index is 10.9. The lowest BCUT2D eigenvalue weighted by molar-refractivity contribution is -0.385. The van der Waals surface area contributed by atoms with Gasteiger partial charge in [-0.25, -0.2) is 0 Å². The molecule has 0 radical (unpaired) electrons. The fraction of sp³-hybridized carbons (Fsp3) is 0.200. The van der Waals surface area contributed by atoms with Crippen molar-refractivity contribution in [1.29, 1.82) is 0 Å². The number of nitrogens with zero attached hydrogens (tertiary/aromatic N) is 1. The Hall–Kier alpha value is -2.56. The summed E-state index contributed by atoms with van der Waals surface area (Å²) in [5.74, 6) is 0.248. The highest BCUT2D eigenvalue weighted by Gasteiger charge is 2.12. The molecule has 2 rings (SSSR count). The molecule has 0 atom stereocenters. The van der Waals surface area contributed by atoms with Gasteiger partial charge in [-0.1, -0.05) is 24.3 Å². The highest BCUT2D eigenvalue weighted by Crippen LogP contribution is 2.29. The highest BCUT2D eigenvalue weighted by molar-refractivity contribution is 5.59. The van der Waals surface area contributed by atoms with Crippen LogP contribution in [0, 0.1) is 24.0 Å². The van der Waals surface area contributed by atoms with E-state index in [0.717, 1.165) is 16.8 Å². The van der Waals surface area contributed by atoms with Gasteiger partial charge in [-0.05, 0) is 25.5 Å². The second kappa shape index (κ2) is 5.61. The van der Waals surface area contributed by atoms with Gasteiger partial charge in [0, 0.05) is 29.4 Å². The molecule has 0 aliphatic carbocycles. The Kier molecular flexibility index (Phi) is 3.89. The Balaban J connectivity index is 2.22. The standard InChI is InChI=1S/C15H16N2O3/c1-10-7-8-13(11(2)15(10)18)16-9-12-5-3-4-6-14(12)17(19)20/h3-8,16,18H,9H2,1-2H3. The van der Waals surface area contributed by atoms with Crippen LogP contribution in [0.4, 0.5) is 11.4 Å². The third-order valence-corrected chi connectivity index (χ3v) is 3.29. The Labute approximate surface area is 117 Å². The van der Waals surface area contributed by atoms with Crippen molar-refractivity contribution in [3.8, 4) is 5.75 Å². The molecule has 0 saturated carbocycles. The molecule has 5 nitrogen and oxygen atoms in total. The molecule has 0 unspecified atom stereocenters. The van der Waals surface area contributed by atoms with Crippen LogP contribution in [-0.2, 0) is 6.54 Å². The van der Waals surface area contributed by atoms with Crippen LogP contribution in [0.5, 0.6) is 5.75 Å². The molecular weight excluding hydrogens is 256 g/mol. The number of para-hydroxylation sites is 1. The second-order valence-electron chi connectivity index (χ2n) is 4.64. The molecule has 2 N–H and O–H groups in total. The normalized spacial score (nSPS) is 10.3. The average molecular weight is 272 g/mol. The molecule has 5 heteroatoms. The Morgan fingerprint density at radius 2 is 1.90 bits per heavy atom. The Bertz CT molecular complexity index is 654. The van der Waals surface area contributed by atoms with Crippen LogP contribution in [0.3, 0.4) is 0 Å². The number of hydrogen-bond acceptors (Lipinski definition) is 4. The molecule has 0 aliphatic heterocycles. The lowest BCUT2D eigenvalue weighted by Gasteiger charge is -2.12. The van der Waals surface area contributed by atoms with Crippen LogP contribution in [-0.4, -0.2) is 10.0 Å². The first-order chi connectivity index (χ1) is 9.50. The fourth-order valence-corrected chi connectivity index (χ4v) is 2.06. The maximum Gasteiger partial charge on any atom is 0.274 e. The van der Waals surface area contributed by atoms with E-state index in [1.807, 2.05) is 26.0 Å². The third kappa shape index (κ3) is 2.71. The van der Waals surface area contributed by atoms with Gasteiger partial charge in [-0.15, -0.1) is 0 Å². The first kappa shape index (κ1) is 13.9. The minimum Gasteiger partial charge on any atom is -0.507 e. The summed E-state index contributed by atoms with van der Waals surface area (Å²) in [6, 6.07) is 10.3. The minimum atomic E-state index is -0.392. The van der Waals surface area contributed by atoms with Gasteiger partial charge in [0.1, 0.15) is 5.75 Å². The van der Waals surface area contributed by atoms with Crippen LogP contribution >= 0.6 is 0 Å². The van der Waals surface area contributed by atoms with Crippen molar-refractivity contribution in [3.63, 3.8) is 0 Å². The molecule has 2 aromatic carbocycles. The number of nitro groups is 1. The van der Waals surface area contributed by atoms with Crippen LogP contribution < -0.4 is 5.32 Å². The predicted molar refractivity (Wildman–Crippen MR) is 78.0 cm³/mol. The molecule has 0 amide bonds. The lowest BCUT2D eigenvalue weighted by Crippen LogP contribution is -2.04. The summed E-state index contributed by atoms with van der Waals surface area (Å²) in [6.07, 6.45) is 0. The molecule has 20 heavy (non-hydrogen) atoms. The molecule has 2 aromatic rings. The molecule has 0 fully saturated rings. The van der Waals surface area contributed by atoms with Gasteiger partial charge in [0.25, 0.3) is 5.69 Å². The summed E-state index contributed by atoms with van der Waals surface area (Å²) >= 11 is 0. The molecular formula is C15H16N2O3. The van der Waals surface area contributed by atoms with Crippen LogP contribution in [0.25, 0.3) is 0 Å². The van der Waals surface area contributed by atoms with Crippen molar-refractivity contribution < 1.29 is 10.0 Å². The Morgan fingerprint density at radius 1 is 1.20 bits per heavy atom. The lowest BCUT2D eigenvalue weighted by atomic mass is 10.1. The summed E-state index contributed by atoms with van der Waals surface area (Å²) in [4.78, 5) is 10.5. The summed E-state index contributed by atoms with van der Waals surface area (Å²) in [6.45, 7) is 3.97. The molecule has 0 spiro atoms. The van der Waals surface area contributed by atoms with Gasteiger partial charge in [0.05, 0.1) is 4.92 Å². The number of nitrogens with one attached hydrogen (secondary N) is 1. The molecule has 0 saturated heterocycles. The zero-order valence-electron chi connectivity index (χ0n) is 11.4. The molecule has 0 aliphatic rings. The minimum absolute atomic E-state index is 0.0917.